The highest BCUT2D eigenvalue weighted by molar-refractivity contribution is 7.47. The van der Waals surface area contributed by atoms with E-state index in [-0.39, 0.29) is 25.7 Å². The van der Waals surface area contributed by atoms with Gasteiger partial charge < -0.3 is 33.8 Å². The molecule has 84 heavy (non-hydrogen) atoms. The zero-order chi connectivity index (χ0) is 62.5. The lowest BCUT2D eigenvalue weighted by molar-refractivity contribution is -0.161. The van der Waals surface area contributed by atoms with E-state index in [0.29, 0.717) is 31.6 Å². The van der Waals surface area contributed by atoms with Gasteiger partial charge in [-0.05, 0) is 49.4 Å². The minimum Gasteiger partial charge on any atom is -0.462 e. The number of hydrogen-bond donors (Lipinski definition) is 3. The molecule has 8 atom stereocenters. The molecule has 19 heteroatoms. The molecule has 0 aliphatic heterocycles. The molecule has 0 fully saturated rings. The third-order valence-electron chi connectivity index (χ3n) is 15.9. The van der Waals surface area contributed by atoms with Crippen LogP contribution < -0.4 is 0 Å². The minimum atomic E-state index is -4.95. The molecule has 5 unspecified atom stereocenters. The molecule has 0 saturated carbocycles. The standard InChI is InChI=1S/C65H126O17P2/c1-9-56(6)42-34-26-18-14-12-13-15-19-31-39-47-64(69)81-60(51-75-62(67)45-37-29-20-16-17-25-33-41-55(4)5)53-79-83(71,72)77-49-59(66)50-78-84(73,74)80-54-61(82-65(70)48-40-32-24-22-28-36-44-58(8)11-3)52-76-63(68)46-38-30-23-21-27-35-43-57(7)10-2/h55-61,66H,9-54H2,1-8H3,(H,71,72)(H,73,74)/t56?,57?,58?,59-,60-,61-/m1/s1. The van der Waals surface area contributed by atoms with Gasteiger partial charge in [0.05, 0.1) is 26.4 Å². The Morgan fingerprint density at radius 1 is 0.333 bits per heavy atom. The first-order valence-electron chi connectivity index (χ1n) is 33.8. The van der Waals surface area contributed by atoms with Crippen molar-refractivity contribution in [3.05, 3.63) is 0 Å². The Labute approximate surface area is 511 Å². The summed E-state index contributed by atoms with van der Waals surface area (Å²) in [5.74, 6) is 0.818. The molecule has 0 bridgehead atoms. The van der Waals surface area contributed by atoms with Crippen LogP contribution in [0.1, 0.15) is 312 Å². The lowest BCUT2D eigenvalue weighted by Crippen LogP contribution is -2.30. The second-order valence-corrected chi connectivity index (χ2v) is 27.6. The van der Waals surface area contributed by atoms with Crippen LogP contribution in [0.25, 0.3) is 0 Å². The molecule has 498 valence electrons. The number of carbonyl (C=O) groups excluding carboxylic acids is 4. The van der Waals surface area contributed by atoms with E-state index in [1.807, 2.05) is 0 Å². The Kier molecular flexibility index (Phi) is 53.9. The molecule has 0 radical (unpaired) electrons. The number of unbranched alkanes of at least 4 members (excludes halogenated alkanes) is 25. The first kappa shape index (κ1) is 82.1. The van der Waals surface area contributed by atoms with E-state index in [0.717, 1.165) is 120 Å². The Morgan fingerprint density at radius 3 is 0.845 bits per heavy atom. The normalized spacial score (nSPS) is 15.4. The molecule has 0 amide bonds. The van der Waals surface area contributed by atoms with Crippen molar-refractivity contribution in [1.82, 2.24) is 0 Å². The largest absolute Gasteiger partial charge is 0.472 e. The van der Waals surface area contributed by atoms with Gasteiger partial charge in [0.25, 0.3) is 0 Å². The van der Waals surface area contributed by atoms with Crippen LogP contribution in [0.15, 0.2) is 0 Å². The summed E-state index contributed by atoms with van der Waals surface area (Å²) in [5.41, 5.74) is 0. The maximum absolute atomic E-state index is 13.0. The van der Waals surface area contributed by atoms with Crippen LogP contribution >= 0.6 is 15.6 Å². The van der Waals surface area contributed by atoms with Gasteiger partial charge in [0.2, 0.25) is 0 Å². The maximum Gasteiger partial charge on any atom is 0.472 e. The van der Waals surface area contributed by atoms with E-state index in [2.05, 4.69) is 55.4 Å². The highest BCUT2D eigenvalue weighted by atomic mass is 31.2. The zero-order valence-electron chi connectivity index (χ0n) is 54.5. The number of aliphatic hydroxyl groups excluding tert-OH is 1. The van der Waals surface area contributed by atoms with Crippen molar-refractivity contribution in [2.45, 2.75) is 331 Å². The summed E-state index contributed by atoms with van der Waals surface area (Å²) in [6, 6.07) is 0. The monoisotopic (exact) mass is 1240 g/mol. The highest BCUT2D eigenvalue weighted by Gasteiger charge is 2.30. The average Bonchev–Trinajstić information content (AvgIpc) is 3.46. The number of rotatable bonds is 62. The van der Waals surface area contributed by atoms with E-state index >= 15 is 0 Å². The van der Waals surface area contributed by atoms with Crippen LogP contribution in [-0.2, 0) is 65.4 Å². The van der Waals surface area contributed by atoms with Crippen molar-refractivity contribution < 1.29 is 80.2 Å². The molecule has 17 nitrogen and oxygen atoms in total. The van der Waals surface area contributed by atoms with Crippen LogP contribution in [0, 0.1) is 23.7 Å². The summed E-state index contributed by atoms with van der Waals surface area (Å²) in [4.78, 5) is 72.3. The number of phosphoric acid groups is 2. The number of aliphatic hydroxyl groups is 1. The number of phosphoric ester groups is 2. The van der Waals surface area contributed by atoms with Crippen molar-refractivity contribution in [3.8, 4) is 0 Å². The number of ether oxygens (including phenoxy) is 4. The van der Waals surface area contributed by atoms with Gasteiger partial charge in [-0.1, -0.05) is 261 Å². The van der Waals surface area contributed by atoms with Gasteiger partial charge in [0.1, 0.15) is 19.3 Å². The SMILES string of the molecule is CCC(C)CCCCCCCCCCCCC(=O)O[C@H](COC(=O)CCCCCCCCCC(C)C)COP(=O)(O)OC[C@@H](O)COP(=O)(O)OC[C@@H](COC(=O)CCCCCCCCC(C)CC)OC(=O)CCCCCCCCC(C)CC. The Hall–Kier alpha value is -1.94. The molecule has 0 aromatic rings. The average molecular weight is 1240 g/mol. The van der Waals surface area contributed by atoms with E-state index in [1.54, 1.807) is 0 Å². The van der Waals surface area contributed by atoms with E-state index in [9.17, 15) is 43.2 Å². The summed E-state index contributed by atoms with van der Waals surface area (Å²) in [6.45, 7) is 14.0. The summed E-state index contributed by atoms with van der Waals surface area (Å²) in [6.07, 6.45) is 34.9. The molecule has 3 N–H and O–H groups in total. The smallest absolute Gasteiger partial charge is 0.462 e. The van der Waals surface area contributed by atoms with Gasteiger partial charge in [0, 0.05) is 25.7 Å². The number of carbonyl (C=O) groups is 4. The molecule has 0 aliphatic rings. The Balaban J connectivity index is 5.26. The third-order valence-corrected chi connectivity index (χ3v) is 17.8. The fraction of sp³-hybridized carbons (Fsp3) is 0.938. The fourth-order valence-electron chi connectivity index (χ4n) is 9.51. The lowest BCUT2D eigenvalue weighted by Gasteiger charge is -2.21. The second kappa shape index (κ2) is 55.2. The molecular weight excluding hydrogens is 1110 g/mol. The molecule has 0 aliphatic carbocycles. The van der Waals surface area contributed by atoms with Crippen LogP contribution in [0.4, 0.5) is 0 Å². The van der Waals surface area contributed by atoms with Gasteiger partial charge >= 0.3 is 39.5 Å². The molecule has 0 saturated heterocycles. The summed E-state index contributed by atoms with van der Waals surface area (Å²) in [7, 11) is -9.89. The summed E-state index contributed by atoms with van der Waals surface area (Å²) >= 11 is 0. The quantitative estimate of drug-likeness (QED) is 0.0222. The van der Waals surface area contributed by atoms with E-state index in [4.69, 9.17) is 37.0 Å². The first-order chi connectivity index (χ1) is 40.2. The number of hydrogen-bond acceptors (Lipinski definition) is 15. The molecule has 0 aromatic heterocycles. The molecule has 0 aromatic carbocycles. The number of esters is 4. The van der Waals surface area contributed by atoms with Gasteiger partial charge in [0.15, 0.2) is 12.2 Å². The third kappa shape index (κ3) is 55.4. The fourth-order valence-corrected chi connectivity index (χ4v) is 11.1. The molecule has 0 spiro atoms. The van der Waals surface area contributed by atoms with Crippen LogP contribution in [0.2, 0.25) is 0 Å². The topological polar surface area (TPSA) is 237 Å². The van der Waals surface area contributed by atoms with Crippen molar-refractivity contribution in [2.24, 2.45) is 23.7 Å². The van der Waals surface area contributed by atoms with Gasteiger partial charge in [-0.3, -0.25) is 37.3 Å². The minimum absolute atomic E-state index is 0.101. The molecule has 0 rings (SSSR count). The van der Waals surface area contributed by atoms with Crippen molar-refractivity contribution in [3.63, 3.8) is 0 Å². The Bertz CT molecular complexity index is 1680. The predicted molar refractivity (Wildman–Crippen MR) is 335 cm³/mol. The second-order valence-electron chi connectivity index (χ2n) is 24.7. The molecular formula is C65H126O17P2. The summed E-state index contributed by atoms with van der Waals surface area (Å²) < 4.78 is 68.0. The van der Waals surface area contributed by atoms with Crippen molar-refractivity contribution in [1.29, 1.82) is 0 Å². The lowest BCUT2D eigenvalue weighted by atomic mass is 9.99. The zero-order valence-corrected chi connectivity index (χ0v) is 56.3. The van der Waals surface area contributed by atoms with Crippen molar-refractivity contribution in [2.75, 3.05) is 39.6 Å². The van der Waals surface area contributed by atoms with Gasteiger partial charge in [-0.2, -0.15) is 0 Å². The first-order valence-corrected chi connectivity index (χ1v) is 36.8. The van der Waals surface area contributed by atoms with Crippen LogP contribution in [0.3, 0.4) is 0 Å². The van der Waals surface area contributed by atoms with Gasteiger partial charge in [-0.15, -0.1) is 0 Å². The highest BCUT2D eigenvalue weighted by Crippen LogP contribution is 2.45. The van der Waals surface area contributed by atoms with E-state index in [1.165, 1.54) is 103 Å². The van der Waals surface area contributed by atoms with Gasteiger partial charge in [-0.25, -0.2) is 9.13 Å². The molecule has 0 heterocycles. The van der Waals surface area contributed by atoms with E-state index < -0.39 is 97.5 Å². The van der Waals surface area contributed by atoms with Crippen molar-refractivity contribution >= 4 is 39.5 Å². The van der Waals surface area contributed by atoms with Crippen LogP contribution in [0.5, 0.6) is 0 Å². The maximum atomic E-state index is 13.0. The predicted octanol–water partition coefficient (Wildman–Crippen LogP) is 17.8. The van der Waals surface area contributed by atoms with Crippen LogP contribution in [-0.4, -0.2) is 96.7 Å². The summed E-state index contributed by atoms with van der Waals surface area (Å²) in [5, 5.41) is 10.5. The Morgan fingerprint density at radius 2 is 0.571 bits per heavy atom.